The van der Waals surface area contributed by atoms with Crippen molar-refractivity contribution in [1.82, 2.24) is 9.62 Å². The molecule has 0 aromatic heterocycles. The van der Waals surface area contributed by atoms with Crippen molar-refractivity contribution in [1.29, 1.82) is 0 Å². The fourth-order valence-corrected chi connectivity index (χ4v) is 5.99. The molecule has 2 aromatic carbocycles. The van der Waals surface area contributed by atoms with Crippen LogP contribution in [0.3, 0.4) is 0 Å². The molecule has 2 aliphatic rings. The van der Waals surface area contributed by atoms with Gasteiger partial charge in [0, 0.05) is 65.2 Å². The Morgan fingerprint density at radius 3 is 2.32 bits per heavy atom. The summed E-state index contributed by atoms with van der Waals surface area (Å²) in [6.07, 6.45) is 0. The van der Waals surface area contributed by atoms with E-state index >= 15 is 0 Å². The largest absolute Gasteiger partial charge is 0.495 e. The van der Waals surface area contributed by atoms with Gasteiger partial charge in [-0.1, -0.05) is 12.1 Å². The van der Waals surface area contributed by atoms with Crippen LogP contribution in [0.2, 0.25) is 0 Å². The fourth-order valence-electron chi connectivity index (χ4n) is 4.72. The molecule has 2 heterocycles. The first-order chi connectivity index (χ1) is 18.4. The van der Waals surface area contributed by atoms with Crippen LogP contribution in [0, 0.1) is 0 Å². The van der Waals surface area contributed by atoms with Crippen LogP contribution in [0.4, 0.5) is 17.1 Å². The molecule has 0 saturated carbocycles. The molecule has 2 saturated heterocycles. The maximum absolute atomic E-state index is 13.5. The van der Waals surface area contributed by atoms with Crippen LogP contribution >= 0.6 is 0 Å². The summed E-state index contributed by atoms with van der Waals surface area (Å²) < 4.78 is 45.6. The van der Waals surface area contributed by atoms with Crippen LogP contribution in [0.15, 0.2) is 47.4 Å². The molecule has 2 N–H and O–H groups in total. The van der Waals surface area contributed by atoms with E-state index in [0.29, 0.717) is 57.3 Å². The number of carbonyl (C=O) groups is 1. The zero-order valence-electron chi connectivity index (χ0n) is 22.0. The zero-order chi connectivity index (χ0) is 27.0. The zero-order valence-corrected chi connectivity index (χ0v) is 22.8. The molecule has 0 aliphatic carbocycles. The normalized spacial score (nSPS) is 16.9. The highest BCUT2D eigenvalue weighted by Crippen LogP contribution is 2.32. The summed E-state index contributed by atoms with van der Waals surface area (Å²) in [5, 5.41) is 2.72. The number of carbonyl (C=O) groups excluding carboxylic acids is 1. The molecular formula is C26H37N5O6S. The average molecular weight is 548 g/mol. The second-order valence-corrected chi connectivity index (χ2v) is 10.9. The van der Waals surface area contributed by atoms with E-state index in [1.54, 1.807) is 19.2 Å². The highest BCUT2D eigenvalue weighted by molar-refractivity contribution is 7.89. The second kappa shape index (κ2) is 13.3. The summed E-state index contributed by atoms with van der Waals surface area (Å²) >= 11 is 0. The third-order valence-corrected chi connectivity index (χ3v) is 8.17. The number of hydrogen-bond donors (Lipinski definition) is 2. The van der Waals surface area contributed by atoms with E-state index in [4.69, 9.17) is 14.2 Å². The first-order valence-electron chi connectivity index (χ1n) is 12.8. The van der Waals surface area contributed by atoms with E-state index in [0.717, 1.165) is 24.5 Å². The molecule has 4 rings (SSSR count). The number of anilines is 3. The number of para-hydroxylation sites is 2. The molecule has 0 radical (unpaired) electrons. The Balaban J connectivity index is 1.51. The lowest BCUT2D eigenvalue weighted by Crippen LogP contribution is -2.47. The lowest BCUT2D eigenvalue weighted by Gasteiger charge is -2.38. The van der Waals surface area contributed by atoms with E-state index in [-0.39, 0.29) is 24.0 Å². The summed E-state index contributed by atoms with van der Waals surface area (Å²) in [6, 6.07) is 12.9. The van der Waals surface area contributed by atoms with Gasteiger partial charge in [0.2, 0.25) is 15.9 Å². The van der Waals surface area contributed by atoms with Gasteiger partial charge in [-0.15, -0.1) is 0 Å². The van der Waals surface area contributed by atoms with Crippen molar-refractivity contribution in [2.24, 2.45) is 0 Å². The fraction of sp³-hybridized carbons (Fsp3) is 0.500. The Bertz CT molecular complexity index is 1180. The number of benzene rings is 2. The number of rotatable bonds is 11. The number of methoxy groups -OCH3 is 2. The smallest absolute Gasteiger partial charge is 0.250 e. The van der Waals surface area contributed by atoms with Gasteiger partial charge in [-0.3, -0.25) is 9.69 Å². The molecule has 11 nitrogen and oxygen atoms in total. The molecule has 0 atom stereocenters. The second-order valence-electron chi connectivity index (χ2n) is 9.16. The van der Waals surface area contributed by atoms with Crippen LogP contribution in [-0.4, -0.2) is 106 Å². The highest BCUT2D eigenvalue weighted by atomic mass is 32.2. The summed E-state index contributed by atoms with van der Waals surface area (Å²) in [5.41, 5.74) is 2.02. The molecule has 208 valence electrons. The molecule has 1 amide bonds. The van der Waals surface area contributed by atoms with E-state index < -0.39 is 10.0 Å². The topological polar surface area (TPSA) is 113 Å². The minimum Gasteiger partial charge on any atom is -0.495 e. The van der Waals surface area contributed by atoms with Gasteiger partial charge in [0.1, 0.15) is 17.3 Å². The average Bonchev–Trinajstić information content (AvgIpc) is 2.94. The number of piperazine rings is 1. The van der Waals surface area contributed by atoms with Crippen molar-refractivity contribution in [3.8, 4) is 5.75 Å². The van der Waals surface area contributed by atoms with Gasteiger partial charge in [0.15, 0.2) is 0 Å². The van der Waals surface area contributed by atoms with Crippen molar-refractivity contribution in [2.75, 3.05) is 102 Å². The minimum atomic E-state index is -3.85. The SMILES string of the molecule is COCC(=O)Nc1ccc(N2CCN(c3ccccc3OC)CC2)c(S(=O)(=O)NCCN2CCOCC2)c1. The van der Waals surface area contributed by atoms with Crippen molar-refractivity contribution < 1.29 is 27.4 Å². The maximum atomic E-state index is 13.5. The quantitative estimate of drug-likeness (QED) is 0.429. The molecule has 0 bridgehead atoms. The molecule has 2 aromatic rings. The number of amides is 1. The van der Waals surface area contributed by atoms with Gasteiger partial charge in [0.05, 0.1) is 31.7 Å². The molecule has 2 aliphatic heterocycles. The predicted octanol–water partition coefficient (Wildman–Crippen LogP) is 1.22. The number of sulfonamides is 1. The summed E-state index contributed by atoms with van der Waals surface area (Å²) in [5.74, 6) is 0.458. The summed E-state index contributed by atoms with van der Waals surface area (Å²) in [7, 11) is -0.764. The molecular weight excluding hydrogens is 510 g/mol. The van der Waals surface area contributed by atoms with E-state index in [2.05, 4.69) is 24.7 Å². The van der Waals surface area contributed by atoms with Gasteiger partial charge in [0.25, 0.3) is 0 Å². The van der Waals surface area contributed by atoms with Crippen molar-refractivity contribution >= 4 is 33.0 Å². The lowest BCUT2D eigenvalue weighted by atomic mass is 10.2. The molecule has 38 heavy (non-hydrogen) atoms. The Hall–Kier alpha value is -2.90. The molecule has 0 unspecified atom stereocenters. The van der Waals surface area contributed by atoms with Gasteiger partial charge in [-0.25, -0.2) is 13.1 Å². The molecule has 0 spiro atoms. The van der Waals surface area contributed by atoms with Crippen LogP contribution in [0.5, 0.6) is 5.75 Å². The predicted molar refractivity (Wildman–Crippen MR) is 147 cm³/mol. The third-order valence-electron chi connectivity index (χ3n) is 6.68. The Morgan fingerprint density at radius 2 is 1.63 bits per heavy atom. The number of ether oxygens (including phenoxy) is 3. The minimum absolute atomic E-state index is 0.119. The van der Waals surface area contributed by atoms with Crippen LogP contribution in [0.25, 0.3) is 0 Å². The standard InChI is InChI=1S/C26H37N5O6S/c1-35-20-26(32)28-21-7-8-23(25(19-21)38(33,34)27-9-10-29-15-17-37-18-16-29)31-13-11-30(12-14-31)22-5-3-4-6-24(22)36-2/h3-8,19,27H,9-18,20H2,1-2H3,(H,28,32). The Labute approximate surface area is 224 Å². The molecule has 2 fully saturated rings. The van der Waals surface area contributed by atoms with E-state index in [9.17, 15) is 13.2 Å². The monoisotopic (exact) mass is 547 g/mol. The number of nitrogens with zero attached hydrogens (tertiary/aromatic N) is 3. The Morgan fingerprint density at radius 1 is 0.947 bits per heavy atom. The van der Waals surface area contributed by atoms with Gasteiger partial charge in [-0.2, -0.15) is 0 Å². The van der Waals surface area contributed by atoms with Crippen molar-refractivity contribution in [3.05, 3.63) is 42.5 Å². The van der Waals surface area contributed by atoms with Crippen molar-refractivity contribution in [2.45, 2.75) is 4.90 Å². The van der Waals surface area contributed by atoms with Crippen LogP contribution in [-0.2, 0) is 24.3 Å². The van der Waals surface area contributed by atoms with E-state index in [1.165, 1.54) is 13.2 Å². The first-order valence-corrected chi connectivity index (χ1v) is 14.2. The highest BCUT2D eigenvalue weighted by Gasteiger charge is 2.27. The van der Waals surface area contributed by atoms with E-state index in [1.807, 2.05) is 24.3 Å². The lowest BCUT2D eigenvalue weighted by molar-refractivity contribution is -0.119. The third kappa shape index (κ3) is 7.14. The summed E-state index contributed by atoms with van der Waals surface area (Å²) in [4.78, 5) is 18.7. The maximum Gasteiger partial charge on any atom is 0.250 e. The molecule has 12 heteroatoms. The Kier molecular flexibility index (Phi) is 9.80. The van der Waals surface area contributed by atoms with Crippen molar-refractivity contribution in [3.63, 3.8) is 0 Å². The van der Waals surface area contributed by atoms with Gasteiger partial charge >= 0.3 is 0 Å². The summed E-state index contributed by atoms with van der Waals surface area (Å²) in [6.45, 7) is 6.30. The van der Waals surface area contributed by atoms with Gasteiger partial charge < -0.3 is 29.3 Å². The number of hydrogen-bond acceptors (Lipinski definition) is 9. The van der Waals surface area contributed by atoms with Crippen LogP contribution < -0.4 is 24.6 Å². The van der Waals surface area contributed by atoms with Crippen LogP contribution in [0.1, 0.15) is 0 Å². The number of nitrogens with one attached hydrogen (secondary N) is 2. The first kappa shape index (κ1) is 28.1. The van der Waals surface area contributed by atoms with Gasteiger partial charge in [-0.05, 0) is 30.3 Å². The number of morpholine rings is 1.